The molecule has 0 aliphatic rings. The highest BCUT2D eigenvalue weighted by Crippen LogP contribution is 2.11. The number of carbonyl (C=O) groups excluding carboxylic acids is 2. The van der Waals surface area contributed by atoms with E-state index in [0.29, 0.717) is 6.54 Å². The summed E-state index contributed by atoms with van der Waals surface area (Å²) in [5.74, 6) is -0.420. The molecule has 0 atom stereocenters. The maximum absolute atomic E-state index is 11.8. The summed E-state index contributed by atoms with van der Waals surface area (Å²) in [4.78, 5) is 24.8. The summed E-state index contributed by atoms with van der Waals surface area (Å²) < 4.78 is 4.97. The van der Waals surface area contributed by atoms with Gasteiger partial charge in [-0.15, -0.1) is 0 Å². The van der Waals surface area contributed by atoms with Gasteiger partial charge in [-0.25, -0.2) is 0 Å². The van der Waals surface area contributed by atoms with Crippen molar-refractivity contribution in [3.63, 3.8) is 0 Å². The van der Waals surface area contributed by atoms with E-state index in [4.69, 9.17) is 9.52 Å². The van der Waals surface area contributed by atoms with Crippen LogP contribution in [0.2, 0.25) is 0 Å². The Labute approximate surface area is 112 Å². The van der Waals surface area contributed by atoms with Gasteiger partial charge in [0.2, 0.25) is 5.91 Å². The lowest BCUT2D eigenvalue weighted by atomic mass is 9.95. The van der Waals surface area contributed by atoms with Gasteiger partial charge < -0.3 is 19.7 Å². The molecule has 2 amide bonds. The number of aliphatic hydroxyl groups excluding tert-OH is 1. The number of nitrogens with zero attached hydrogens (tertiary/aromatic N) is 1. The fourth-order valence-corrected chi connectivity index (χ4v) is 1.33. The maximum atomic E-state index is 11.8. The Balaban J connectivity index is 2.42. The summed E-state index contributed by atoms with van der Waals surface area (Å²) in [5, 5.41) is 11.8. The van der Waals surface area contributed by atoms with Crippen molar-refractivity contribution in [3.05, 3.63) is 24.2 Å². The first kappa shape index (κ1) is 15.2. The minimum absolute atomic E-state index is 0.0194. The predicted molar refractivity (Wildman–Crippen MR) is 69.5 cm³/mol. The third-order valence-corrected chi connectivity index (χ3v) is 2.65. The highest BCUT2D eigenvalue weighted by Gasteiger charge is 2.20. The molecular weight excluding hydrogens is 248 g/mol. The third kappa shape index (κ3) is 4.75. The minimum Gasteiger partial charge on any atom is -0.459 e. The Kier molecular flexibility index (Phi) is 5.11. The van der Waals surface area contributed by atoms with Crippen LogP contribution in [0.15, 0.2) is 22.8 Å². The van der Waals surface area contributed by atoms with Crippen molar-refractivity contribution in [2.75, 3.05) is 26.7 Å². The molecule has 2 N–H and O–H groups in total. The first-order valence-corrected chi connectivity index (χ1v) is 6.02. The summed E-state index contributed by atoms with van der Waals surface area (Å²) >= 11 is 0. The summed E-state index contributed by atoms with van der Waals surface area (Å²) in [6.07, 6.45) is 1.41. The van der Waals surface area contributed by atoms with Gasteiger partial charge in [0.05, 0.1) is 12.8 Å². The third-order valence-electron chi connectivity index (χ3n) is 2.65. The number of amides is 2. The largest absolute Gasteiger partial charge is 0.459 e. The number of hydrogen-bond acceptors (Lipinski definition) is 4. The highest BCUT2D eigenvalue weighted by atomic mass is 16.3. The Morgan fingerprint density at radius 1 is 1.47 bits per heavy atom. The molecule has 0 saturated heterocycles. The van der Waals surface area contributed by atoms with Gasteiger partial charge in [0.15, 0.2) is 5.76 Å². The van der Waals surface area contributed by atoms with Gasteiger partial charge in [-0.2, -0.15) is 0 Å². The fourth-order valence-electron chi connectivity index (χ4n) is 1.33. The van der Waals surface area contributed by atoms with Crippen molar-refractivity contribution in [3.8, 4) is 0 Å². The zero-order chi connectivity index (χ0) is 14.5. The monoisotopic (exact) mass is 268 g/mol. The molecule has 0 radical (unpaired) electrons. The average molecular weight is 268 g/mol. The van der Waals surface area contributed by atoms with E-state index in [9.17, 15) is 9.59 Å². The smallest absolute Gasteiger partial charge is 0.289 e. The maximum Gasteiger partial charge on any atom is 0.289 e. The van der Waals surface area contributed by atoms with Crippen LogP contribution in [0.5, 0.6) is 0 Å². The van der Waals surface area contributed by atoms with Crippen LogP contribution in [0.25, 0.3) is 0 Å². The van der Waals surface area contributed by atoms with E-state index in [2.05, 4.69) is 5.32 Å². The Morgan fingerprint density at radius 3 is 2.68 bits per heavy atom. The lowest BCUT2D eigenvalue weighted by Crippen LogP contribution is -2.42. The molecule has 0 fully saturated rings. The number of rotatable bonds is 6. The zero-order valence-corrected chi connectivity index (χ0v) is 11.5. The van der Waals surface area contributed by atoms with Crippen LogP contribution < -0.4 is 5.32 Å². The molecule has 0 bridgehead atoms. The van der Waals surface area contributed by atoms with Crippen molar-refractivity contribution >= 4 is 11.8 Å². The van der Waals surface area contributed by atoms with Crippen LogP contribution in [0.3, 0.4) is 0 Å². The number of hydrogen-bond donors (Lipinski definition) is 2. The second kappa shape index (κ2) is 6.38. The van der Waals surface area contributed by atoms with E-state index in [-0.39, 0.29) is 36.1 Å². The van der Waals surface area contributed by atoms with Crippen LogP contribution in [0.4, 0.5) is 0 Å². The Morgan fingerprint density at radius 2 is 2.16 bits per heavy atom. The SMILES string of the molecule is CN(CC(=O)NCC(C)(C)CO)C(=O)c1ccco1. The number of carbonyl (C=O) groups is 2. The molecule has 1 aromatic rings. The zero-order valence-electron chi connectivity index (χ0n) is 11.5. The van der Waals surface area contributed by atoms with Crippen LogP contribution in [-0.4, -0.2) is 48.6 Å². The molecular formula is C13H20N2O4. The van der Waals surface area contributed by atoms with Crippen LogP contribution in [0, 0.1) is 5.41 Å². The number of likely N-dealkylation sites (N-methyl/N-ethyl adjacent to an activating group) is 1. The highest BCUT2D eigenvalue weighted by molar-refractivity contribution is 5.94. The molecule has 0 saturated carbocycles. The molecule has 0 aliphatic carbocycles. The molecule has 0 unspecified atom stereocenters. The van der Waals surface area contributed by atoms with Gasteiger partial charge in [0.25, 0.3) is 5.91 Å². The van der Waals surface area contributed by atoms with E-state index in [1.165, 1.54) is 18.2 Å². The van der Waals surface area contributed by atoms with Gasteiger partial charge in [0.1, 0.15) is 0 Å². The molecule has 0 aliphatic heterocycles. The first-order valence-electron chi connectivity index (χ1n) is 6.02. The number of nitrogens with one attached hydrogen (secondary N) is 1. The lowest BCUT2D eigenvalue weighted by Gasteiger charge is -2.23. The average Bonchev–Trinajstić information content (AvgIpc) is 2.89. The number of furan rings is 1. The predicted octanol–water partition coefficient (Wildman–Crippen LogP) is 0.486. The van der Waals surface area contributed by atoms with Crippen molar-refractivity contribution < 1.29 is 19.1 Å². The Bertz CT molecular complexity index is 426. The second-order valence-corrected chi connectivity index (χ2v) is 5.24. The van der Waals surface area contributed by atoms with Gasteiger partial charge >= 0.3 is 0 Å². The van der Waals surface area contributed by atoms with Crippen LogP contribution in [-0.2, 0) is 4.79 Å². The molecule has 19 heavy (non-hydrogen) atoms. The van der Waals surface area contributed by atoms with Crippen molar-refractivity contribution in [1.29, 1.82) is 0 Å². The molecule has 0 aromatic carbocycles. The molecule has 6 nitrogen and oxygen atoms in total. The van der Waals surface area contributed by atoms with Crippen LogP contribution in [0.1, 0.15) is 24.4 Å². The summed E-state index contributed by atoms with van der Waals surface area (Å²) in [7, 11) is 1.53. The molecule has 0 spiro atoms. The molecule has 6 heteroatoms. The van der Waals surface area contributed by atoms with E-state index in [0.717, 1.165) is 0 Å². The van der Waals surface area contributed by atoms with Crippen LogP contribution >= 0.6 is 0 Å². The number of aliphatic hydroxyl groups is 1. The van der Waals surface area contributed by atoms with Gasteiger partial charge in [0, 0.05) is 25.6 Å². The summed E-state index contributed by atoms with van der Waals surface area (Å²) in [6.45, 7) is 3.95. The fraction of sp³-hybridized carbons (Fsp3) is 0.538. The van der Waals surface area contributed by atoms with Gasteiger partial charge in [-0.1, -0.05) is 13.8 Å². The first-order chi connectivity index (χ1) is 8.85. The van der Waals surface area contributed by atoms with Crippen molar-refractivity contribution in [1.82, 2.24) is 10.2 Å². The minimum atomic E-state index is -0.376. The summed E-state index contributed by atoms with van der Waals surface area (Å²) in [6, 6.07) is 3.16. The molecule has 106 valence electrons. The Hall–Kier alpha value is -1.82. The van der Waals surface area contributed by atoms with Gasteiger partial charge in [-0.05, 0) is 12.1 Å². The van der Waals surface area contributed by atoms with E-state index in [1.807, 2.05) is 13.8 Å². The second-order valence-electron chi connectivity index (χ2n) is 5.24. The molecule has 1 heterocycles. The van der Waals surface area contributed by atoms with Crippen molar-refractivity contribution in [2.45, 2.75) is 13.8 Å². The van der Waals surface area contributed by atoms with Gasteiger partial charge in [-0.3, -0.25) is 9.59 Å². The molecule has 1 aromatic heterocycles. The molecule has 1 rings (SSSR count). The normalized spacial score (nSPS) is 11.2. The van der Waals surface area contributed by atoms with E-state index in [1.54, 1.807) is 12.1 Å². The van der Waals surface area contributed by atoms with E-state index >= 15 is 0 Å². The standard InChI is InChI=1S/C13H20N2O4/c1-13(2,9-16)8-14-11(17)7-15(3)12(18)10-5-4-6-19-10/h4-6,16H,7-9H2,1-3H3,(H,14,17). The summed E-state index contributed by atoms with van der Waals surface area (Å²) in [5.41, 5.74) is -0.376. The van der Waals surface area contributed by atoms with E-state index < -0.39 is 0 Å². The van der Waals surface area contributed by atoms with Crippen molar-refractivity contribution in [2.24, 2.45) is 5.41 Å². The lowest BCUT2D eigenvalue weighted by molar-refractivity contribution is -0.122. The quantitative estimate of drug-likeness (QED) is 0.786. The topological polar surface area (TPSA) is 82.8 Å².